The van der Waals surface area contributed by atoms with Crippen molar-refractivity contribution in [2.75, 3.05) is 31.1 Å². The van der Waals surface area contributed by atoms with Crippen LogP contribution in [0.25, 0.3) is 0 Å². The van der Waals surface area contributed by atoms with Crippen LogP contribution < -0.4 is 10.2 Å². The number of hydrogen-bond donors (Lipinski definition) is 1. The van der Waals surface area contributed by atoms with Crippen molar-refractivity contribution in [3.63, 3.8) is 0 Å². The zero-order valence-electron chi connectivity index (χ0n) is 18.8. The van der Waals surface area contributed by atoms with Gasteiger partial charge in [-0.15, -0.1) is 0 Å². The summed E-state index contributed by atoms with van der Waals surface area (Å²) >= 11 is 0. The van der Waals surface area contributed by atoms with Gasteiger partial charge in [0.2, 0.25) is 11.8 Å². The van der Waals surface area contributed by atoms with Gasteiger partial charge in [-0.3, -0.25) is 9.59 Å². The lowest BCUT2D eigenvalue weighted by Crippen LogP contribution is -2.55. The molecule has 32 heavy (non-hydrogen) atoms. The molecule has 1 unspecified atom stereocenters. The number of hydrogen-bond acceptors (Lipinski definition) is 4. The maximum Gasteiger partial charge on any atom is 0.245 e. The summed E-state index contributed by atoms with van der Waals surface area (Å²) in [6, 6.07) is 15.3. The van der Waals surface area contributed by atoms with Gasteiger partial charge in [0.15, 0.2) is 0 Å². The monoisotopic (exact) mass is 434 g/mol. The largest absolute Gasteiger partial charge is 0.353 e. The van der Waals surface area contributed by atoms with Crippen molar-refractivity contribution in [3.05, 3.63) is 60.3 Å². The molecule has 2 aliphatic rings. The number of aromatic nitrogens is 1. The Labute approximate surface area is 191 Å². The number of pyridine rings is 1. The van der Waals surface area contributed by atoms with Gasteiger partial charge < -0.3 is 15.1 Å². The Hall–Kier alpha value is -2.89. The molecule has 4 rings (SSSR count). The molecule has 2 amide bonds. The maximum atomic E-state index is 13.5. The lowest BCUT2D eigenvalue weighted by atomic mass is 9.86. The molecule has 0 radical (unpaired) electrons. The summed E-state index contributed by atoms with van der Waals surface area (Å²) in [7, 11) is 0. The van der Waals surface area contributed by atoms with Crippen LogP contribution in [-0.2, 0) is 16.0 Å². The Balaban J connectivity index is 1.38. The van der Waals surface area contributed by atoms with Crippen LogP contribution in [0.1, 0.15) is 44.1 Å². The Morgan fingerprint density at radius 1 is 0.938 bits per heavy atom. The molecule has 0 bridgehead atoms. The van der Waals surface area contributed by atoms with E-state index in [2.05, 4.69) is 15.2 Å². The first-order chi connectivity index (χ1) is 15.7. The van der Waals surface area contributed by atoms with Gasteiger partial charge in [0.1, 0.15) is 11.9 Å². The first kappa shape index (κ1) is 22.3. The standard InChI is InChI=1S/C26H34N4O2/c31-25(20-22-11-5-2-6-12-22)28-23(19-21-9-3-1-4-10-21)26(32)30-17-15-29(16-18-30)24-13-7-8-14-27-24/h1,3-4,7-10,13-14,22-23H,2,5-6,11-12,15-20H2,(H,28,31). The van der Waals surface area contributed by atoms with Crippen molar-refractivity contribution in [2.45, 2.75) is 51.0 Å². The third kappa shape index (κ3) is 6.09. The highest BCUT2D eigenvalue weighted by molar-refractivity contribution is 5.88. The van der Waals surface area contributed by atoms with Crippen molar-refractivity contribution >= 4 is 17.6 Å². The van der Waals surface area contributed by atoms with E-state index in [0.717, 1.165) is 37.3 Å². The van der Waals surface area contributed by atoms with Crippen LogP contribution >= 0.6 is 0 Å². The zero-order valence-corrected chi connectivity index (χ0v) is 18.8. The minimum Gasteiger partial charge on any atom is -0.353 e. The predicted molar refractivity (Wildman–Crippen MR) is 126 cm³/mol. The van der Waals surface area contributed by atoms with Gasteiger partial charge in [0.25, 0.3) is 0 Å². The molecule has 1 atom stereocenters. The zero-order chi connectivity index (χ0) is 22.2. The third-order valence-electron chi connectivity index (χ3n) is 6.68. The van der Waals surface area contributed by atoms with E-state index >= 15 is 0 Å². The van der Waals surface area contributed by atoms with Crippen LogP contribution in [0.5, 0.6) is 0 Å². The molecule has 0 spiro atoms. The van der Waals surface area contributed by atoms with Gasteiger partial charge in [-0.25, -0.2) is 4.98 Å². The van der Waals surface area contributed by atoms with Crippen molar-refractivity contribution in [3.8, 4) is 0 Å². The number of benzene rings is 1. The van der Waals surface area contributed by atoms with Crippen LogP contribution in [0.4, 0.5) is 5.82 Å². The normalized spacial score (nSPS) is 18.2. The lowest BCUT2D eigenvalue weighted by Gasteiger charge is -2.37. The number of anilines is 1. The van der Waals surface area contributed by atoms with Crippen molar-refractivity contribution in [1.82, 2.24) is 15.2 Å². The SMILES string of the molecule is O=C(CC1CCCCC1)NC(Cc1ccccc1)C(=O)N1CCN(c2ccccn2)CC1. The molecular weight excluding hydrogens is 400 g/mol. The van der Waals surface area contributed by atoms with Gasteiger partial charge in [-0.05, 0) is 36.5 Å². The topological polar surface area (TPSA) is 65.5 Å². The van der Waals surface area contributed by atoms with E-state index in [9.17, 15) is 9.59 Å². The predicted octanol–water partition coefficient (Wildman–Crippen LogP) is 3.43. The molecule has 1 aliphatic heterocycles. The summed E-state index contributed by atoms with van der Waals surface area (Å²) in [5, 5.41) is 3.10. The second kappa shape index (κ2) is 11.1. The van der Waals surface area contributed by atoms with Crippen LogP contribution in [-0.4, -0.2) is 53.9 Å². The highest BCUT2D eigenvalue weighted by Crippen LogP contribution is 2.26. The molecule has 1 saturated heterocycles. The van der Waals surface area contributed by atoms with Crippen molar-refractivity contribution in [1.29, 1.82) is 0 Å². The van der Waals surface area contributed by atoms with E-state index in [-0.39, 0.29) is 11.8 Å². The maximum absolute atomic E-state index is 13.5. The lowest BCUT2D eigenvalue weighted by molar-refractivity contribution is -0.137. The number of amides is 2. The van der Waals surface area contributed by atoms with E-state index in [1.54, 1.807) is 6.20 Å². The van der Waals surface area contributed by atoms with E-state index < -0.39 is 6.04 Å². The van der Waals surface area contributed by atoms with Gasteiger partial charge in [0, 0.05) is 45.2 Å². The van der Waals surface area contributed by atoms with Gasteiger partial charge in [-0.1, -0.05) is 55.7 Å². The number of rotatable bonds is 7. The highest BCUT2D eigenvalue weighted by atomic mass is 16.2. The van der Waals surface area contributed by atoms with Crippen LogP contribution in [0.15, 0.2) is 54.7 Å². The molecule has 1 aromatic carbocycles. The van der Waals surface area contributed by atoms with E-state index in [4.69, 9.17) is 0 Å². The van der Waals surface area contributed by atoms with Gasteiger partial charge in [-0.2, -0.15) is 0 Å². The van der Waals surface area contributed by atoms with E-state index in [1.165, 1.54) is 19.3 Å². The number of nitrogens with zero attached hydrogens (tertiary/aromatic N) is 3. The summed E-state index contributed by atoms with van der Waals surface area (Å²) < 4.78 is 0. The quantitative estimate of drug-likeness (QED) is 0.725. The van der Waals surface area contributed by atoms with Crippen molar-refractivity contribution in [2.24, 2.45) is 5.92 Å². The van der Waals surface area contributed by atoms with Crippen LogP contribution in [0.2, 0.25) is 0 Å². The molecular formula is C26H34N4O2. The molecule has 1 saturated carbocycles. The molecule has 1 N–H and O–H groups in total. The summed E-state index contributed by atoms with van der Waals surface area (Å²) in [4.78, 5) is 34.8. The average Bonchev–Trinajstić information content (AvgIpc) is 2.85. The smallest absolute Gasteiger partial charge is 0.245 e. The summed E-state index contributed by atoms with van der Waals surface area (Å²) in [6.07, 6.45) is 8.81. The van der Waals surface area contributed by atoms with E-state index in [1.807, 2.05) is 53.4 Å². The minimum absolute atomic E-state index is 0.0123. The number of carbonyl (C=O) groups excluding carboxylic acids is 2. The molecule has 2 fully saturated rings. The molecule has 2 heterocycles. The molecule has 6 heteroatoms. The van der Waals surface area contributed by atoms with E-state index in [0.29, 0.717) is 31.8 Å². The summed E-state index contributed by atoms with van der Waals surface area (Å²) in [5.41, 5.74) is 1.07. The Morgan fingerprint density at radius 3 is 2.34 bits per heavy atom. The number of piperazine rings is 1. The Kier molecular flexibility index (Phi) is 7.75. The fourth-order valence-corrected chi connectivity index (χ4v) is 4.87. The average molecular weight is 435 g/mol. The molecule has 170 valence electrons. The number of carbonyl (C=O) groups is 2. The Bertz CT molecular complexity index is 860. The number of nitrogens with one attached hydrogen (secondary N) is 1. The fraction of sp³-hybridized carbons (Fsp3) is 0.500. The van der Waals surface area contributed by atoms with Gasteiger partial charge in [0.05, 0.1) is 0 Å². The van der Waals surface area contributed by atoms with Crippen LogP contribution in [0, 0.1) is 5.92 Å². The molecule has 2 aromatic rings. The van der Waals surface area contributed by atoms with Crippen LogP contribution in [0.3, 0.4) is 0 Å². The second-order valence-electron chi connectivity index (χ2n) is 9.02. The third-order valence-corrected chi connectivity index (χ3v) is 6.68. The minimum atomic E-state index is -0.519. The molecule has 6 nitrogen and oxygen atoms in total. The second-order valence-corrected chi connectivity index (χ2v) is 9.02. The molecule has 1 aromatic heterocycles. The summed E-state index contributed by atoms with van der Waals surface area (Å²) in [5.74, 6) is 1.43. The molecule has 1 aliphatic carbocycles. The van der Waals surface area contributed by atoms with Gasteiger partial charge >= 0.3 is 0 Å². The van der Waals surface area contributed by atoms with Crippen molar-refractivity contribution < 1.29 is 9.59 Å². The summed E-state index contributed by atoms with van der Waals surface area (Å²) in [6.45, 7) is 2.77. The first-order valence-electron chi connectivity index (χ1n) is 12.0. The highest BCUT2D eigenvalue weighted by Gasteiger charge is 2.30. The first-order valence-corrected chi connectivity index (χ1v) is 12.0. The fourth-order valence-electron chi connectivity index (χ4n) is 4.87. The Morgan fingerprint density at radius 2 is 1.66 bits per heavy atom.